The number of hydrogen-bond donors (Lipinski definition) is 2. The van der Waals surface area contributed by atoms with E-state index >= 15 is 0 Å². The third kappa shape index (κ3) is 4.57. The lowest BCUT2D eigenvalue weighted by Gasteiger charge is -2.08. The molecule has 0 aliphatic heterocycles. The monoisotopic (exact) mass is 366 g/mol. The number of anilines is 1. The van der Waals surface area contributed by atoms with Crippen LogP contribution in [0.3, 0.4) is 0 Å². The van der Waals surface area contributed by atoms with Gasteiger partial charge in [0.2, 0.25) is 5.91 Å². The van der Waals surface area contributed by atoms with Crippen LogP contribution in [0.15, 0.2) is 52.1 Å². The minimum Gasteiger partial charge on any atom is -0.478 e. The van der Waals surface area contributed by atoms with Gasteiger partial charge in [-0.05, 0) is 46.3 Å². The first-order valence-electron chi connectivity index (χ1n) is 5.92. The number of carboxylic acids is 1. The molecule has 0 saturated heterocycles. The van der Waals surface area contributed by atoms with Crippen LogP contribution in [0.4, 0.5) is 5.69 Å². The summed E-state index contributed by atoms with van der Waals surface area (Å²) in [4.78, 5) is 27.6. The van der Waals surface area contributed by atoms with E-state index in [2.05, 4.69) is 26.2 Å². The van der Waals surface area contributed by atoms with E-state index < -0.39 is 5.97 Å². The number of benzene rings is 1. The van der Waals surface area contributed by atoms with Gasteiger partial charge in [-0.1, -0.05) is 0 Å². The van der Waals surface area contributed by atoms with Crippen LogP contribution in [-0.4, -0.2) is 27.7 Å². The maximum atomic E-state index is 11.9. The van der Waals surface area contributed by atoms with Crippen molar-refractivity contribution >= 4 is 45.3 Å². The number of hydrogen-bond acceptors (Lipinski definition) is 4. The van der Waals surface area contributed by atoms with Gasteiger partial charge in [-0.25, -0.2) is 4.79 Å². The third-order valence-corrected chi connectivity index (χ3v) is 4.18. The van der Waals surface area contributed by atoms with E-state index in [1.54, 1.807) is 18.5 Å². The second kappa shape index (κ2) is 7.24. The van der Waals surface area contributed by atoms with Gasteiger partial charge < -0.3 is 10.4 Å². The van der Waals surface area contributed by atoms with Crippen molar-refractivity contribution in [3.8, 4) is 0 Å². The van der Waals surface area contributed by atoms with Crippen LogP contribution in [0.2, 0.25) is 0 Å². The summed E-state index contributed by atoms with van der Waals surface area (Å²) in [6.07, 6.45) is 3.34. The van der Waals surface area contributed by atoms with Crippen molar-refractivity contribution in [1.29, 1.82) is 0 Å². The van der Waals surface area contributed by atoms with Crippen molar-refractivity contribution in [2.24, 2.45) is 0 Å². The highest BCUT2D eigenvalue weighted by molar-refractivity contribution is 9.10. The van der Waals surface area contributed by atoms with Crippen LogP contribution < -0.4 is 5.32 Å². The predicted molar refractivity (Wildman–Crippen MR) is 84.7 cm³/mol. The maximum absolute atomic E-state index is 11.9. The fourth-order valence-corrected chi connectivity index (χ4v) is 2.68. The van der Waals surface area contributed by atoms with Crippen molar-refractivity contribution in [1.82, 2.24) is 4.98 Å². The first-order chi connectivity index (χ1) is 10.1. The highest BCUT2D eigenvalue weighted by Crippen LogP contribution is 2.24. The molecule has 0 fully saturated rings. The number of amides is 1. The number of aromatic carboxylic acids is 1. The summed E-state index contributed by atoms with van der Waals surface area (Å²) in [5.41, 5.74) is 0.700. The highest BCUT2D eigenvalue weighted by atomic mass is 79.9. The molecule has 1 amide bonds. The molecule has 0 saturated carbocycles. The van der Waals surface area contributed by atoms with Gasteiger partial charge in [-0.2, -0.15) is 0 Å². The maximum Gasteiger partial charge on any atom is 0.335 e. The molecule has 1 aromatic heterocycles. The van der Waals surface area contributed by atoms with Crippen LogP contribution in [0.25, 0.3) is 0 Å². The first-order valence-corrected chi connectivity index (χ1v) is 7.69. The molecule has 0 aliphatic carbocycles. The van der Waals surface area contributed by atoms with Crippen LogP contribution in [0.1, 0.15) is 10.4 Å². The number of aromatic nitrogens is 1. The fourth-order valence-electron chi connectivity index (χ4n) is 1.52. The zero-order valence-corrected chi connectivity index (χ0v) is 13.1. The number of carboxylic acid groups (broad SMARTS) is 1. The number of thioether (sulfide) groups is 1. The Labute approximate surface area is 133 Å². The van der Waals surface area contributed by atoms with E-state index in [-0.39, 0.29) is 17.2 Å². The average molecular weight is 367 g/mol. The Kier molecular flexibility index (Phi) is 5.35. The van der Waals surface area contributed by atoms with Crippen molar-refractivity contribution in [2.75, 3.05) is 11.1 Å². The third-order valence-electron chi connectivity index (χ3n) is 2.51. The van der Waals surface area contributed by atoms with Gasteiger partial charge in [-0.15, -0.1) is 11.8 Å². The fraction of sp³-hybridized carbons (Fsp3) is 0.0714. The van der Waals surface area contributed by atoms with Crippen molar-refractivity contribution in [3.63, 3.8) is 0 Å². The van der Waals surface area contributed by atoms with E-state index in [0.717, 1.165) is 4.90 Å². The summed E-state index contributed by atoms with van der Waals surface area (Å²) < 4.78 is 0.532. The Morgan fingerprint density at radius 2 is 1.95 bits per heavy atom. The molecule has 0 radical (unpaired) electrons. The molecule has 1 heterocycles. The summed E-state index contributed by atoms with van der Waals surface area (Å²) in [5.74, 6) is -0.917. The van der Waals surface area contributed by atoms with Crippen molar-refractivity contribution < 1.29 is 14.7 Å². The molecule has 108 valence electrons. The van der Waals surface area contributed by atoms with Crippen molar-refractivity contribution in [2.45, 2.75) is 4.90 Å². The van der Waals surface area contributed by atoms with Gasteiger partial charge in [-0.3, -0.25) is 9.78 Å². The van der Waals surface area contributed by atoms with Gasteiger partial charge in [0.05, 0.1) is 17.0 Å². The van der Waals surface area contributed by atoms with E-state index in [4.69, 9.17) is 5.11 Å². The summed E-state index contributed by atoms with van der Waals surface area (Å²) in [6.45, 7) is 0. The van der Waals surface area contributed by atoms with Crippen LogP contribution in [0, 0.1) is 0 Å². The minimum absolute atomic E-state index is 0.158. The van der Waals surface area contributed by atoms with Gasteiger partial charge in [0, 0.05) is 21.8 Å². The number of carbonyl (C=O) groups is 2. The molecule has 2 aromatic rings. The summed E-state index contributed by atoms with van der Waals surface area (Å²) >= 11 is 4.65. The smallest absolute Gasteiger partial charge is 0.335 e. The number of rotatable bonds is 5. The normalized spacial score (nSPS) is 10.1. The Bertz CT molecular complexity index is 665. The van der Waals surface area contributed by atoms with Crippen LogP contribution >= 0.6 is 27.7 Å². The minimum atomic E-state index is -1.01. The standard InChI is InChI=1S/C14H11BrN2O3S/c15-11-7-9(14(19)20)1-2-12(11)17-13(18)8-21-10-3-5-16-6-4-10/h1-7H,8H2,(H,17,18)(H,19,20). The molecular weight excluding hydrogens is 356 g/mol. The second-order valence-corrected chi connectivity index (χ2v) is 5.92. The molecule has 2 rings (SSSR count). The molecule has 2 N–H and O–H groups in total. The molecule has 7 heteroatoms. The quantitative estimate of drug-likeness (QED) is 0.793. The first kappa shape index (κ1) is 15.5. The molecule has 0 aliphatic rings. The number of nitrogens with one attached hydrogen (secondary N) is 1. The van der Waals surface area contributed by atoms with Gasteiger partial charge in [0.25, 0.3) is 0 Å². The Morgan fingerprint density at radius 3 is 2.57 bits per heavy atom. The summed E-state index contributed by atoms with van der Waals surface area (Å²) in [6, 6.07) is 8.11. The van der Waals surface area contributed by atoms with E-state index in [9.17, 15) is 9.59 Å². The lowest BCUT2D eigenvalue weighted by molar-refractivity contribution is -0.113. The zero-order valence-electron chi connectivity index (χ0n) is 10.7. The molecular formula is C14H11BrN2O3S. The van der Waals surface area contributed by atoms with Crippen molar-refractivity contribution in [3.05, 3.63) is 52.8 Å². The molecule has 0 spiro atoms. The van der Waals surface area contributed by atoms with E-state index in [1.807, 2.05) is 12.1 Å². The molecule has 0 atom stereocenters. The van der Waals surface area contributed by atoms with E-state index in [0.29, 0.717) is 10.2 Å². The number of carbonyl (C=O) groups excluding carboxylic acids is 1. The Morgan fingerprint density at radius 1 is 1.24 bits per heavy atom. The molecule has 0 bridgehead atoms. The van der Waals surface area contributed by atoms with Crippen LogP contribution in [-0.2, 0) is 4.79 Å². The average Bonchev–Trinajstić information content (AvgIpc) is 2.48. The van der Waals surface area contributed by atoms with Crippen LogP contribution in [0.5, 0.6) is 0 Å². The predicted octanol–water partition coefficient (Wildman–Crippen LogP) is 3.27. The Balaban J connectivity index is 1.95. The number of nitrogens with zero attached hydrogens (tertiary/aromatic N) is 1. The van der Waals surface area contributed by atoms with Gasteiger partial charge >= 0.3 is 5.97 Å². The van der Waals surface area contributed by atoms with E-state index in [1.165, 1.54) is 23.9 Å². The SMILES string of the molecule is O=C(CSc1ccncc1)Nc1ccc(C(=O)O)cc1Br. The largest absolute Gasteiger partial charge is 0.478 e. The Hall–Kier alpha value is -1.86. The molecule has 1 aromatic carbocycles. The second-order valence-electron chi connectivity index (χ2n) is 4.02. The lowest BCUT2D eigenvalue weighted by atomic mass is 10.2. The number of halogens is 1. The highest BCUT2D eigenvalue weighted by Gasteiger charge is 2.09. The zero-order chi connectivity index (χ0) is 15.2. The van der Waals surface area contributed by atoms with Gasteiger partial charge in [0.1, 0.15) is 0 Å². The molecule has 5 nitrogen and oxygen atoms in total. The molecule has 0 unspecified atom stereocenters. The lowest BCUT2D eigenvalue weighted by Crippen LogP contribution is -2.14. The number of pyridine rings is 1. The van der Waals surface area contributed by atoms with Gasteiger partial charge in [0.15, 0.2) is 0 Å². The summed E-state index contributed by atoms with van der Waals surface area (Å²) in [7, 11) is 0. The molecule has 21 heavy (non-hydrogen) atoms. The topological polar surface area (TPSA) is 79.3 Å². The summed E-state index contributed by atoms with van der Waals surface area (Å²) in [5, 5.41) is 11.6.